The quantitative estimate of drug-likeness (QED) is 0.858. The van der Waals surface area contributed by atoms with Crippen LogP contribution in [0.3, 0.4) is 0 Å². The summed E-state index contributed by atoms with van der Waals surface area (Å²) in [7, 11) is 1.80. The Labute approximate surface area is 155 Å². The Morgan fingerprint density at radius 2 is 2.26 bits per heavy atom. The average Bonchev–Trinajstić information content (AvgIpc) is 3.36. The first-order valence-electron chi connectivity index (χ1n) is 8.85. The molecular formula is C18H18N6O3. The largest absolute Gasteiger partial charge is 0.441 e. The highest BCUT2D eigenvalue weighted by atomic mass is 16.6. The van der Waals surface area contributed by atoms with Crippen molar-refractivity contribution in [1.82, 2.24) is 20.2 Å². The molecule has 0 radical (unpaired) electrons. The van der Waals surface area contributed by atoms with E-state index in [1.165, 1.54) is 0 Å². The first-order valence-corrected chi connectivity index (χ1v) is 8.85. The zero-order chi connectivity index (χ0) is 18.5. The number of aryl methyl sites for hydroxylation is 1. The van der Waals surface area contributed by atoms with Crippen LogP contribution in [-0.2, 0) is 18.2 Å². The minimum Gasteiger partial charge on any atom is -0.441 e. The molecule has 0 saturated carbocycles. The molecule has 138 valence electrons. The molecule has 1 aromatic heterocycles. The van der Waals surface area contributed by atoms with E-state index < -0.39 is 6.10 Å². The van der Waals surface area contributed by atoms with Gasteiger partial charge in [0.05, 0.1) is 30.6 Å². The summed E-state index contributed by atoms with van der Waals surface area (Å²) in [6.45, 7) is 0.405. The average molecular weight is 366 g/mol. The minimum atomic E-state index is -0.464. The number of aromatic nitrogens is 4. The van der Waals surface area contributed by atoms with Crippen LogP contribution in [0.5, 0.6) is 0 Å². The van der Waals surface area contributed by atoms with Gasteiger partial charge in [0.2, 0.25) is 0 Å². The number of ether oxygens (including phenoxy) is 1. The second-order valence-electron chi connectivity index (χ2n) is 6.91. The van der Waals surface area contributed by atoms with Gasteiger partial charge >= 0.3 is 6.09 Å². The summed E-state index contributed by atoms with van der Waals surface area (Å²) in [4.78, 5) is 18.4. The van der Waals surface area contributed by atoms with Crippen molar-refractivity contribution in [3.05, 3.63) is 41.2 Å². The van der Waals surface area contributed by atoms with Crippen molar-refractivity contribution >= 4 is 23.1 Å². The predicted molar refractivity (Wildman–Crippen MR) is 96.6 cm³/mol. The van der Waals surface area contributed by atoms with Crippen LogP contribution < -0.4 is 4.90 Å². The maximum atomic E-state index is 12.1. The highest BCUT2D eigenvalue weighted by molar-refractivity contribution is 6.01. The number of benzene rings is 1. The van der Waals surface area contributed by atoms with Crippen molar-refractivity contribution < 1.29 is 14.6 Å². The molecule has 27 heavy (non-hydrogen) atoms. The van der Waals surface area contributed by atoms with Gasteiger partial charge < -0.3 is 9.84 Å². The monoisotopic (exact) mass is 366 g/mol. The SMILES string of the molecule is Cn1nnnc1C1=NCC(c2ccc3c(c2)CC2C(CO)OC(=O)N32)=CC1. The molecule has 3 aliphatic rings. The van der Waals surface area contributed by atoms with Crippen molar-refractivity contribution in [3.63, 3.8) is 0 Å². The van der Waals surface area contributed by atoms with Crippen LogP contribution in [0.2, 0.25) is 0 Å². The number of amides is 1. The fourth-order valence-electron chi connectivity index (χ4n) is 4.01. The van der Waals surface area contributed by atoms with Crippen LogP contribution in [0.4, 0.5) is 10.5 Å². The number of aliphatic hydroxyl groups excluding tert-OH is 1. The summed E-state index contributed by atoms with van der Waals surface area (Å²) in [5.41, 5.74) is 5.09. The van der Waals surface area contributed by atoms with E-state index in [1.54, 1.807) is 16.6 Å². The van der Waals surface area contributed by atoms with E-state index in [1.807, 2.05) is 12.1 Å². The number of aliphatic imine (C=N–C) groups is 1. The van der Waals surface area contributed by atoms with Gasteiger partial charge in [0, 0.05) is 13.5 Å². The molecule has 0 spiro atoms. The number of hydrogen-bond acceptors (Lipinski definition) is 7. The lowest BCUT2D eigenvalue weighted by Crippen LogP contribution is -2.34. The second-order valence-corrected chi connectivity index (χ2v) is 6.91. The number of carbonyl (C=O) groups excluding carboxylic acids is 1. The van der Waals surface area contributed by atoms with Crippen LogP contribution in [-0.4, -0.2) is 62.4 Å². The standard InChI is InChI=1S/C18H18N6O3/c1-23-17(20-21-22-23)13-4-2-11(8-19-13)10-3-5-14-12(6-10)7-15-16(9-25)27-18(26)24(14)15/h2-3,5-6,15-16,25H,4,7-9H2,1H3. The predicted octanol–water partition coefficient (Wildman–Crippen LogP) is 0.729. The zero-order valence-corrected chi connectivity index (χ0v) is 14.7. The summed E-state index contributed by atoms with van der Waals surface area (Å²) in [6.07, 6.45) is 2.67. The number of aliphatic hydroxyl groups is 1. The molecule has 1 amide bonds. The Morgan fingerprint density at radius 3 is 2.96 bits per heavy atom. The molecule has 0 bridgehead atoms. The topological polar surface area (TPSA) is 106 Å². The van der Waals surface area contributed by atoms with Crippen LogP contribution in [0, 0.1) is 0 Å². The molecule has 9 nitrogen and oxygen atoms in total. The Morgan fingerprint density at radius 1 is 1.37 bits per heavy atom. The van der Waals surface area contributed by atoms with Crippen LogP contribution in [0.15, 0.2) is 29.3 Å². The fourth-order valence-corrected chi connectivity index (χ4v) is 4.01. The number of tetrazole rings is 1. The number of cyclic esters (lactones) is 1. The van der Waals surface area contributed by atoms with Crippen LogP contribution >= 0.6 is 0 Å². The number of carbonyl (C=O) groups is 1. The van der Waals surface area contributed by atoms with E-state index in [-0.39, 0.29) is 18.7 Å². The van der Waals surface area contributed by atoms with E-state index in [9.17, 15) is 9.90 Å². The van der Waals surface area contributed by atoms with Gasteiger partial charge in [-0.05, 0) is 45.7 Å². The molecule has 2 unspecified atom stereocenters. The summed E-state index contributed by atoms with van der Waals surface area (Å²) in [5.74, 6) is 0.688. The highest BCUT2D eigenvalue weighted by Gasteiger charge is 2.47. The number of anilines is 1. The lowest BCUT2D eigenvalue weighted by atomic mass is 9.97. The van der Waals surface area contributed by atoms with Gasteiger partial charge in [-0.25, -0.2) is 9.48 Å². The normalized spacial score (nSPS) is 23.6. The number of allylic oxidation sites excluding steroid dienone is 1. The third-order valence-corrected chi connectivity index (χ3v) is 5.39. The molecule has 1 saturated heterocycles. The van der Waals surface area contributed by atoms with Gasteiger partial charge in [0.15, 0.2) is 5.82 Å². The van der Waals surface area contributed by atoms with Gasteiger partial charge in [0.25, 0.3) is 0 Å². The molecule has 5 rings (SSSR count). The minimum absolute atomic E-state index is 0.124. The van der Waals surface area contributed by atoms with Crippen molar-refractivity contribution in [2.75, 3.05) is 18.1 Å². The molecule has 3 aliphatic heterocycles. The van der Waals surface area contributed by atoms with Crippen molar-refractivity contribution in [2.24, 2.45) is 12.0 Å². The van der Waals surface area contributed by atoms with E-state index >= 15 is 0 Å². The second kappa shape index (κ2) is 5.98. The molecule has 2 aromatic rings. The maximum absolute atomic E-state index is 12.1. The Kier molecular flexibility index (Phi) is 3.57. The lowest BCUT2D eigenvalue weighted by molar-refractivity contribution is 0.0830. The molecule has 1 N–H and O–H groups in total. The summed E-state index contributed by atoms with van der Waals surface area (Å²) >= 11 is 0. The first-order chi connectivity index (χ1) is 13.2. The summed E-state index contributed by atoms with van der Waals surface area (Å²) in [6, 6.07) is 5.96. The van der Waals surface area contributed by atoms with E-state index in [4.69, 9.17) is 4.74 Å². The number of rotatable bonds is 3. The van der Waals surface area contributed by atoms with Gasteiger partial charge in [-0.2, -0.15) is 0 Å². The van der Waals surface area contributed by atoms with E-state index in [0.717, 1.165) is 28.1 Å². The van der Waals surface area contributed by atoms with Crippen molar-refractivity contribution in [1.29, 1.82) is 0 Å². The molecule has 0 aliphatic carbocycles. The Bertz CT molecular complexity index is 995. The van der Waals surface area contributed by atoms with Crippen molar-refractivity contribution in [2.45, 2.75) is 25.0 Å². The summed E-state index contributed by atoms with van der Waals surface area (Å²) < 4.78 is 6.85. The summed E-state index contributed by atoms with van der Waals surface area (Å²) in [5, 5.41) is 21.0. The number of dihydropyridines is 1. The highest BCUT2D eigenvalue weighted by Crippen LogP contribution is 2.40. The van der Waals surface area contributed by atoms with Gasteiger partial charge in [-0.15, -0.1) is 5.10 Å². The van der Waals surface area contributed by atoms with Gasteiger partial charge in [-0.1, -0.05) is 12.1 Å². The third-order valence-electron chi connectivity index (χ3n) is 5.39. The van der Waals surface area contributed by atoms with E-state index in [2.05, 4.69) is 32.7 Å². The molecule has 4 heterocycles. The fraction of sp³-hybridized carbons (Fsp3) is 0.389. The molecule has 1 aromatic carbocycles. The number of hydrogen-bond donors (Lipinski definition) is 1. The number of fused-ring (bicyclic) bond motifs is 3. The van der Waals surface area contributed by atoms with Gasteiger partial charge in [-0.3, -0.25) is 9.89 Å². The maximum Gasteiger partial charge on any atom is 0.415 e. The van der Waals surface area contributed by atoms with E-state index in [0.29, 0.717) is 25.2 Å². The Hall–Kier alpha value is -3.07. The number of nitrogens with zero attached hydrogens (tertiary/aromatic N) is 6. The van der Waals surface area contributed by atoms with Crippen LogP contribution in [0.25, 0.3) is 5.57 Å². The molecule has 2 atom stereocenters. The zero-order valence-electron chi connectivity index (χ0n) is 14.7. The molecule has 9 heteroatoms. The Balaban J connectivity index is 1.39. The smallest absolute Gasteiger partial charge is 0.415 e. The first kappa shape index (κ1) is 16.1. The third kappa shape index (κ3) is 2.46. The van der Waals surface area contributed by atoms with Crippen LogP contribution in [0.1, 0.15) is 23.4 Å². The van der Waals surface area contributed by atoms with Crippen molar-refractivity contribution in [3.8, 4) is 0 Å². The van der Waals surface area contributed by atoms with Gasteiger partial charge in [0.1, 0.15) is 6.10 Å². The lowest BCUT2D eigenvalue weighted by Gasteiger charge is -2.15. The molecule has 1 fully saturated rings. The molecular weight excluding hydrogens is 348 g/mol.